The highest BCUT2D eigenvalue weighted by atomic mass is 35.5. The third-order valence-corrected chi connectivity index (χ3v) is 5.08. The van der Waals surface area contributed by atoms with Crippen LogP contribution in [-0.4, -0.2) is 9.85 Å². The number of hydrogen-bond acceptors (Lipinski definition) is 6. The predicted molar refractivity (Wildman–Crippen MR) is 82.9 cm³/mol. The van der Waals surface area contributed by atoms with Crippen LogP contribution in [0.2, 0.25) is 5.02 Å². The molecule has 21 heavy (non-hydrogen) atoms. The topological polar surface area (TPSA) is 86.3 Å². The molecule has 0 radical (unpaired) electrons. The Morgan fingerprint density at radius 3 is 2.14 bits per heavy atom. The van der Waals surface area contributed by atoms with E-state index in [1.54, 1.807) is 24.3 Å². The summed E-state index contributed by atoms with van der Waals surface area (Å²) < 4.78 is 0. The van der Waals surface area contributed by atoms with Crippen LogP contribution in [0.1, 0.15) is 0 Å². The highest BCUT2D eigenvalue weighted by Crippen LogP contribution is 2.42. The number of hydrogen-bond donors (Lipinski definition) is 0. The van der Waals surface area contributed by atoms with E-state index in [9.17, 15) is 20.2 Å². The molecule has 108 valence electrons. The third-order valence-electron chi connectivity index (χ3n) is 2.39. The molecule has 0 spiro atoms. The molecule has 0 N–H and O–H groups in total. The second-order valence-electron chi connectivity index (χ2n) is 3.79. The number of benzene rings is 2. The molecule has 2 rings (SSSR count). The molecule has 0 fully saturated rings. The molecular formula is C12H7ClN2O4S2. The molecule has 0 aliphatic carbocycles. The molecule has 0 saturated carbocycles. The fourth-order valence-corrected chi connectivity index (χ4v) is 3.63. The Hall–Kier alpha value is -1.77. The first-order valence-electron chi connectivity index (χ1n) is 5.50. The average molecular weight is 343 g/mol. The Morgan fingerprint density at radius 1 is 0.905 bits per heavy atom. The molecule has 0 unspecified atom stereocenters. The van der Waals surface area contributed by atoms with Gasteiger partial charge < -0.3 is 0 Å². The maximum Gasteiger partial charge on any atom is 0.290 e. The van der Waals surface area contributed by atoms with Gasteiger partial charge >= 0.3 is 0 Å². The van der Waals surface area contributed by atoms with Gasteiger partial charge in [0, 0.05) is 16.0 Å². The lowest BCUT2D eigenvalue weighted by Crippen LogP contribution is -1.93. The van der Waals surface area contributed by atoms with Crippen molar-refractivity contribution in [1.82, 2.24) is 0 Å². The lowest BCUT2D eigenvalue weighted by molar-refractivity contribution is -0.396. The molecule has 0 aliphatic rings. The Balaban J connectivity index is 2.21. The van der Waals surface area contributed by atoms with Crippen molar-refractivity contribution in [1.29, 1.82) is 0 Å². The van der Waals surface area contributed by atoms with Gasteiger partial charge in [-0.2, -0.15) is 0 Å². The predicted octanol–water partition coefficient (Wildman–Crippen LogP) is 4.96. The highest BCUT2D eigenvalue weighted by Gasteiger charge is 2.20. The summed E-state index contributed by atoms with van der Waals surface area (Å²) in [7, 11) is 2.48. The van der Waals surface area contributed by atoms with Gasteiger partial charge in [0.2, 0.25) is 0 Å². The molecule has 0 aromatic heterocycles. The van der Waals surface area contributed by atoms with Crippen molar-refractivity contribution in [3.05, 3.63) is 67.7 Å². The summed E-state index contributed by atoms with van der Waals surface area (Å²) in [6.07, 6.45) is 0. The fraction of sp³-hybridized carbons (Fsp3) is 0. The minimum Gasteiger partial charge on any atom is -0.258 e. The lowest BCUT2D eigenvalue weighted by Gasteiger charge is -2.03. The van der Waals surface area contributed by atoms with Crippen LogP contribution in [0.5, 0.6) is 0 Å². The second-order valence-corrected chi connectivity index (χ2v) is 6.47. The van der Waals surface area contributed by atoms with E-state index in [0.717, 1.165) is 21.8 Å². The third kappa shape index (κ3) is 4.10. The van der Waals surface area contributed by atoms with Crippen LogP contribution in [0, 0.1) is 20.2 Å². The Morgan fingerprint density at radius 2 is 1.57 bits per heavy atom. The summed E-state index contributed by atoms with van der Waals surface area (Å²) in [6.45, 7) is 0. The highest BCUT2D eigenvalue weighted by molar-refractivity contribution is 8.76. The van der Waals surface area contributed by atoms with Crippen LogP contribution >= 0.6 is 33.2 Å². The molecule has 0 heterocycles. The van der Waals surface area contributed by atoms with Gasteiger partial charge in [-0.05, 0) is 41.1 Å². The van der Waals surface area contributed by atoms with Gasteiger partial charge in [-0.1, -0.05) is 22.4 Å². The van der Waals surface area contributed by atoms with Crippen LogP contribution in [0.3, 0.4) is 0 Å². The van der Waals surface area contributed by atoms with E-state index in [4.69, 9.17) is 11.6 Å². The summed E-state index contributed by atoms with van der Waals surface area (Å²) in [5, 5.41) is 22.3. The normalized spacial score (nSPS) is 10.3. The van der Waals surface area contributed by atoms with Crippen molar-refractivity contribution in [2.45, 2.75) is 9.79 Å². The minimum absolute atomic E-state index is 0.282. The first-order valence-corrected chi connectivity index (χ1v) is 8.03. The lowest BCUT2D eigenvalue weighted by atomic mass is 10.3. The van der Waals surface area contributed by atoms with Gasteiger partial charge in [0.25, 0.3) is 11.4 Å². The molecule has 0 aliphatic heterocycles. The van der Waals surface area contributed by atoms with Gasteiger partial charge in [-0.25, -0.2) is 0 Å². The van der Waals surface area contributed by atoms with E-state index in [2.05, 4.69) is 0 Å². The number of rotatable bonds is 5. The van der Waals surface area contributed by atoms with Gasteiger partial charge in [0.1, 0.15) is 0 Å². The smallest absolute Gasteiger partial charge is 0.258 e. The van der Waals surface area contributed by atoms with Gasteiger partial charge in [-0.15, -0.1) is 0 Å². The van der Waals surface area contributed by atoms with Crippen LogP contribution in [0.15, 0.2) is 52.3 Å². The minimum atomic E-state index is -0.659. The van der Waals surface area contributed by atoms with Crippen molar-refractivity contribution >= 4 is 44.6 Å². The standard InChI is InChI=1S/C12H7ClN2O4S2/c13-8-1-4-10(5-2-8)20-21-12-6-3-9(14(16)17)7-11(12)15(18)19/h1-7H. The van der Waals surface area contributed by atoms with E-state index in [1.807, 2.05) is 0 Å². The average Bonchev–Trinajstić information content (AvgIpc) is 2.46. The first-order chi connectivity index (χ1) is 9.97. The van der Waals surface area contributed by atoms with Crippen molar-refractivity contribution in [3.8, 4) is 0 Å². The summed E-state index contributed by atoms with van der Waals surface area (Å²) in [6, 6.07) is 10.6. The van der Waals surface area contributed by atoms with E-state index in [1.165, 1.54) is 22.9 Å². The number of non-ortho nitro benzene ring substituents is 1. The Labute approximate surface area is 132 Å². The van der Waals surface area contributed by atoms with Crippen LogP contribution < -0.4 is 0 Å². The summed E-state index contributed by atoms with van der Waals surface area (Å²) in [5.41, 5.74) is -0.585. The number of nitro benzene ring substituents is 2. The van der Waals surface area contributed by atoms with Gasteiger partial charge in [0.05, 0.1) is 20.8 Å². The van der Waals surface area contributed by atoms with Gasteiger partial charge in [0.15, 0.2) is 0 Å². The Kier molecular flexibility index (Phi) is 5.05. The molecule has 9 heteroatoms. The second kappa shape index (κ2) is 6.79. The van der Waals surface area contributed by atoms with E-state index >= 15 is 0 Å². The van der Waals surface area contributed by atoms with Crippen LogP contribution in [0.25, 0.3) is 0 Å². The summed E-state index contributed by atoms with van der Waals surface area (Å²) in [4.78, 5) is 21.6. The first kappa shape index (κ1) is 15.6. The van der Waals surface area contributed by atoms with Crippen molar-refractivity contribution in [3.63, 3.8) is 0 Å². The van der Waals surface area contributed by atoms with Crippen LogP contribution in [0.4, 0.5) is 11.4 Å². The maximum atomic E-state index is 11.0. The zero-order chi connectivity index (χ0) is 15.4. The molecule has 0 atom stereocenters. The van der Waals surface area contributed by atoms with Crippen LogP contribution in [-0.2, 0) is 0 Å². The molecule has 0 saturated heterocycles. The quantitative estimate of drug-likeness (QED) is 0.434. The molecule has 2 aromatic carbocycles. The zero-order valence-corrected chi connectivity index (χ0v) is 12.7. The van der Waals surface area contributed by atoms with E-state index < -0.39 is 9.85 Å². The molecule has 0 bridgehead atoms. The molecular weight excluding hydrogens is 336 g/mol. The van der Waals surface area contributed by atoms with Crippen molar-refractivity contribution in [2.75, 3.05) is 0 Å². The largest absolute Gasteiger partial charge is 0.290 e. The number of nitrogens with zero attached hydrogens (tertiary/aromatic N) is 2. The van der Waals surface area contributed by atoms with Crippen molar-refractivity contribution < 1.29 is 9.85 Å². The SMILES string of the molecule is O=[N+]([O-])c1ccc(SSc2ccc(Cl)cc2)c([N+](=O)[O-])c1. The monoisotopic (exact) mass is 342 g/mol. The van der Waals surface area contributed by atoms with Crippen molar-refractivity contribution in [2.24, 2.45) is 0 Å². The summed E-state index contributed by atoms with van der Waals surface area (Å²) >= 11 is 5.77. The van der Waals surface area contributed by atoms with E-state index in [-0.39, 0.29) is 11.4 Å². The number of halogens is 1. The maximum absolute atomic E-state index is 11.0. The van der Waals surface area contributed by atoms with Gasteiger partial charge in [-0.3, -0.25) is 20.2 Å². The number of nitro groups is 2. The molecule has 0 amide bonds. The van der Waals surface area contributed by atoms with E-state index in [0.29, 0.717) is 9.92 Å². The fourth-order valence-electron chi connectivity index (χ4n) is 1.42. The Bertz CT molecular complexity index is 694. The molecule has 6 nitrogen and oxygen atoms in total. The molecule has 2 aromatic rings. The zero-order valence-electron chi connectivity index (χ0n) is 10.3. The summed E-state index contributed by atoms with van der Waals surface area (Å²) in [5.74, 6) is 0.